The monoisotopic (exact) mass is 327 g/mol. The third-order valence-electron chi connectivity index (χ3n) is 2.68. The number of carboxylic acid groups (broad SMARTS) is 1. The van der Waals surface area contributed by atoms with Crippen molar-refractivity contribution in [3.05, 3.63) is 34.3 Å². The zero-order valence-corrected chi connectivity index (χ0v) is 12.7. The summed E-state index contributed by atoms with van der Waals surface area (Å²) in [5, 5.41) is 8.74. The minimum absolute atomic E-state index is 0.631. The zero-order valence-electron chi connectivity index (χ0n) is 11.1. The minimum atomic E-state index is -0.953. The Balaban J connectivity index is 3.06. The number of carbonyl (C=O) groups is 1. The van der Waals surface area contributed by atoms with Crippen molar-refractivity contribution in [1.29, 1.82) is 0 Å². The maximum Gasteiger partial charge on any atom is 0.328 e. The quantitative estimate of drug-likeness (QED) is 0.782. The first-order chi connectivity index (χ1) is 9.08. The summed E-state index contributed by atoms with van der Waals surface area (Å²) in [5.74, 6) is -0.953. The molecule has 5 heteroatoms. The van der Waals surface area contributed by atoms with Crippen LogP contribution in [0, 0.1) is 0 Å². The predicted octanol–water partition coefficient (Wildman–Crippen LogP) is 3.02. The maximum atomic E-state index is 10.6. The number of hydrogen-bond acceptors (Lipinski definition) is 3. The Hall–Kier alpha value is -1.33. The van der Waals surface area contributed by atoms with Crippen molar-refractivity contribution in [2.24, 2.45) is 0 Å². The van der Waals surface area contributed by atoms with Crippen LogP contribution in [0.2, 0.25) is 0 Å². The fraction of sp³-hybridized carbons (Fsp3) is 0.357. The second-order valence-corrected chi connectivity index (χ2v) is 4.86. The van der Waals surface area contributed by atoms with Crippen LogP contribution in [0.1, 0.15) is 12.5 Å². The lowest BCUT2D eigenvalue weighted by molar-refractivity contribution is -0.131. The van der Waals surface area contributed by atoms with Gasteiger partial charge in [0.1, 0.15) is 0 Å². The Kier molecular flexibility index (Phi) is 6.59. The van der Waals surface area contributed by atoms with Crippen LogP contribution in [-0.2, 0) is 9.53 Å². The summed E-state index contributed by atoms with van der Waals surface area (Å²) in [7, 11) is 1.67. The second kappa shape index (κ2) is 7.96. The van der Waals surface area contributed by atoms with Gasteiger partial charge >= 0.3 is 5.97 Å². The van der Waals surface area contributed by atoms with Gasteiger partial charge in [-0.05, 0) is 36.8 Å². The molecule has 0 aliphatic heterocycles. The van der Waals surface area contributed by atoms with Crippen molar-refractivity contribution in [3.8, 4) is 0 Å². The SMILES string of the molecule is CCN(CCOC)c1ccc(Br)cc1/C=C/C(=O)O. The van der Waals surface area contributed by atoms with E-state index in [-0.39, 0.29) is 0 Å². The van der Waals surface area contributed by atoms with Gasteiger partial charge in [0.05, 0.1) is 6.61 Å². The molecule has 0 heterocycles. The van der Waals surface area contributed by atoms with Crippen molar-refractivity contribution < 1.29 is 14.6 Å². The van der Waals surface area contributed by atoms with Crippen LogP contribution in [0.25, 0.3) is 6.08 Å². The van der Waals surface area contributed by atoms with E-state index < -0.39 is 5.97 Å². The highest BCUT2D eigenvalue weighted by atomic mass is 79.9. The molecule has 0 spiro atoms. The van der Waals surface area contributed by atoms with Crippen molar-refractivity contribution >= 4 is 33.7 Å². The van der Waals surface area contributed by atoms with Crippen molar-refractivity contribution in [2.45, 2.75) is 6.92 Å². The minimum Gasteiger partial charge on any atom is -0.478 e. The topological polar surface area (TPSA) is 49.8 Å². The van der Waals surface area contributed by atoms with Crippen LogP contribution >= 0.6 is 15.9 Å². The van der Waals surface area contributed by atoms with Gasteiger partial charge in [0, 0.05) is 36.4 Å². The number of anilines is 1. The molecule has 0 bridgehead atoms. The van der Waals surface area contributed by atoms with Gasteiger partial charge in [-0.1, -0.05) is 15.9 Å². The zero-order chi connectivity index (χ0) is 14.3. The third kappa shape index (κ3) is 5.04. The number of carboxylic acids is 1. The molecular weight excluding hydrogens is 310 g/mol. The van der Waals surface area contributed by atoms with Crippen molar-refractivity contribution in [1.82, 2.24) is 0 Å². The Bertz CT molecular complexity index is 460. The molecule has 0 radical (unpaired) electrons. The van der Waals surface area contributed by atoms with Crippen LogP contribution in [0.4, 0.5) is 5.69 Å². The van der Waals surface area contributed by atoms with Crippen LogP contribution in [0.3, 0.4) is 0 Å². The predicted molar refractivity (Wildman–Crippen MR) is 80.6 cm³/mol. The Morgan fingerprint density at radius 2 is 2.26 bits per heavy atom. The highest BCUT2D eigenvalue weighted by Gasteiger charge is 2.08. The molecule has 0 saturated carbocycles. The van der Waals surface area contributed by atoms with Gasteiger partial charge in [-0.25, -0.2) is 4.79 Å². The molecule has 1 rings (SSSR count). The van der Waals surface area contributed by atoms with E-state index >= 15 is 0 Å². The molecule has 1 aromatic carbocycles. The molecule has 1 aromatic rings. The van der Waals surface area contributed by atoms with E-state index in [0.717, 1.165) is 34.9 Å². The number of halogens is 1. The first-order valence-electron chi connectivity index (χ1n) is 6.03. The summed E-state index contributed by atoms with van der Waals surface area (Å²) in [6, 6.07) is 5.83. The van der Waals surface area contributed by atoms with E-state index in [4.69, 9.17) is 9.84 Å². The Morgan fingerprint density at radius 3 is 2.84 bits per heavy atom. The van der Waals surface area contributed by atoms with Gasteiger partial charge in [0.15, 0.2) is 0 Å². The molecule has 0 fully saturated rings. The van der Waals surface area contributed by atoms with Gasteiger partial charge in [0.2, 0.25) is 0 Å². The normalized spacial score (nSPS) is 10.9. The van der Waals surface area contributed by atoms with Crippen LogP contribution in [0.15, 0.2) is 28.7 Å². The standard InChI is InChI=1S/C14H18BrNO3/c1-3-16(8-9-19-2)13-6-5-12(15)10-11(13)4-7-14(17)18/h4-7,10H,3,8-9H2,1-2H3,(H,17,18)/b7-4+. The fourth-order valence-corrected chi connectivity index (χ4v) is 2.14. The number of hydrogen-bond donors (Lipinski definition) is 1. The average molecular weight is 328 g/mol. The van der Waals surface area contributed by atoms with Crippen LogP contribution in [0.5, 0.6) is 0 Å². The molecule has 0 atom stereocenters. The molecule has 0 amide bonds. The number of benzene rings is 1. The molecular formula is C14H18BrNO3. The summed E-state index contributed by atoms with van der Waals surface area (Å²) in [5.41, 5.74) is 1.87. The molecule has 0 aromatic heterocycles. The summed E-state index contributed by atoms with van der Waals surface area (Å²) in [4.78, 5) is 12.8. The van der Waals surface area contributed by atoms with E-state index in [9.17, 15) is 4.79 Å². The Labute approximate surface area is 121 Å². The van der Waals surface area contributed by atoms with Crippen molar-refractivity contribution in [3.63, 3.8) is 0 Å². The van der Waals surface area contributed by atoms with E-state index in [0.29, 0.717) is 6.61 Å². The van der Waals surface area contributed by atoms with E-state index in [1.165, 1.54) is 0 Å². The Morgan fingerprint density at radius 1 is 1.53 bits per heavy atom. The molecule has 104 valence electrons. The fourth-order valence-electron chi connectivity index (χ4n) is 1.76. The molecule has 4 nitrogen and oxygen atoms in total. The summed E-state index contributed by atoms with van der Waals surface area (Å²) < 4.78 is 6.01. The average Bonchev–Trinajstić information content (AvgIpc) is 2.38. The lowest BCUT2D eigenvalue weighted by Crippen LogP contribution is -2.27. The third-order valence-corrected chi connectivity index (χ3v) is 3.18. The van der Waals surface area contributed by atoms with Crippen LogP contribution < -0.4 is 4.90 Å². The lowest BCUT2D eigenvalue weighted by atomic mass is 10.1. The number of aliphatic carboxylic acids is 1. The number of nitrogens with zero attached hydrogens (tertiary/aromatic N) is 1. The van der Waals surface area contributed by atoms with E-state index in [1.54, 1.807) is 13.2 Å². The number of rotatable bonds is 7. The first-order valence-corrected chi connectivity index (χ1v) is 6.82. The number of methoxy groups -OCH3 is 1. The smallest absolute Gasteiger partial charge is 0.328 e. The molecule has 0 aliphatic carbocycles. The van der Waals surface area contributed by atoms with E-state index in [1.807, 2.05) is 18.2 Å². The molecule has 0 saturated heterocycles. The van der Waals surface area contributed by atoms with Gasteiger partial charge < -0.3 is 14.7 Å². The largest absolute Gasteiger partial charge is 0.478 e. The maximum absolute atomic E-state index is 10.6. The number of likely N-dealkylation sites (N-methyl/N-ethyl adjacent to an activating group) is 1. The second-order valence-electron chi connectivity index (χ2n) is 3.95. The summed E-state index contributed by atoms with van der Waals surface area (Å²) >= 11 is 3.40. The van der Waals surface area contributed by atoms with Gasteiger partial charge in [-0.15, -0.1) is 0 Å². The lowest BCUT2D eigenvalue weighted by Gasteiger charge is -2.24. The van der Waals surface area contributed by atoms with Gasteiger partial charge in [-0.2, -0.15) is 0 Å². The van der Waals surface area contributed by atoms with Crippen molar-refractivity contribution in [2.75, 3.05) is 31.7 Å². The first kappa shape index (κ1) is 15.7. The van der Waals surface area contributed by atoms with E-state index in [2.05, 4.69) is 27.8 Å². The molecule has 19 heavy (non-hydrogen) atoms. The molecule has 1 N–H and O–H groups in total. The molecule has 0 unspecified atom stereocenters. The van der Waals surface area contributed by atoms with Crippen LogP contribution in [-0.4, -0.2) is 37.9 Å². The van der Waals surface area contributed by atoms with Gasteiger partial charge in [0.25, 0.3) is 0 Å². The summed E-state index contributed by atoms with van der Waals surface area (Å²) in [6.07, 6.45) is 2.76. The molecule has 0 aliphatic rings. The highest BCUT2D eigenvalue weighted by molar-refractivity contribution is 9.10. The highest BCUT2D eigenvalue weighted by Crippen LogP contribution is 2.25. The van der Waals surface area contributed by atoms with Gasteiger partial charge in [-0.3, -0.25) is 0 Å². The summed E-state index contributed by atoms with van der Waals surface area (Å²) in [6.45, 7) is 4.29. The number of ether oxygens (including phenoxy) is 1.